The van der Waals surface area contributed by atoms with E-state index in [9.17, 15) is 22.8 Å². The van der Waals surface area contributed by atoms with Crippen molar-refractivity contribution in [1.82, 2.24) is 0 Å². The van der Waals surface area contributed by atoms with Crippen LogP contribution in [0.25, 0.3) is 0 Å². The summed E-state index contributed by atoms with van der Waals surface area (Å²) in [5, 5.41) is 2.46. The Labute approximate surface area is 142 Å². The Bertz CT molecular complexity index is 801. The lowest BCUT2D eigenvalue weighted by Gasteiger charge is -2.16. The molecule has 2 amide bonds. The van der Waals surface area contributed by atoms with E-state index in [4.69, 9.17) is 0 Å². The summed E-state index contributed by atoms with van der Waals surface area (Å²) in [6, 6.07) is 11.1. The average molecular weight is 348 g/mol. The van der Waals surface area contributed by atoms with Crippen LogP contribution in [0.4, 0.5) is 24.5 Å². The van der Waals surface area contributed by atoms with Gasteiger partial charge in [0.2, 0.25) is 5.91 Å². The van der Waals surface area contributed by atoms with Gasteiger partial charge in [0.15, 0.2) is 0 Å². The van der Waals surface area contributed by atoms with Gasteiger partial charge in [0, 0.05) is 24.3 Å². The summed E-state index contributed by atoms with van der Waals surface area (Å²) in [5.74, 6) is -0.797. The first kappa shape index (κ1) is 17.0. The maximum atomic E-state index is 13.0. The van der Waals surface area contributed by atoms with Crippen molar-refractivity contribution in [3.63, 3.8) is 0 Å². The molecule has 0 atom stereocenters. The van der Waals surface area contributed by atoms with Gasteiger partial charge in [-0.05, 0) is 42.8 Å². The molecule has 1 fully saturated rings. The lowest BCUT2D eigenvalue weighted by Crippen LogP contribution is -2.23. The monoisotopic (exact) mass is 348 g/mol. The number of carbonyl (C=O) groups is 2. The standard InChI is InChI=1S/C18H15F3N2O2/c19-18(20,21)15-5-2-1-4-14(15)17(25)22-12-7-9-13(10-8-12)23-11-3-6-16(23)24/h1-2,4-5,7-10H,3,6,11H2,(H,22,25). The second-order valence-electron chi connectivity index (χ2n) is 5.69. The summed E-state index contributed by atoms with van der Waals surface area (Å²) in [6.45, 7) is 0.642. The molecule has 130 valence electrons. The van der Waals surface area contributed by atoms with E-state index >= 15 is 0 Å². The van der Waals surface area contributed by atoms with Gasteiger partial charge in [-0.25, -0.2) is 0 Å². The molecule has 2 aromatic rings. The smallest absolute Gasteiger partial charge is 0.322 e. The number of nitrogens with zero attached hydrogens (tertiary/aromatic N) is 1. The minimum absolute atomic E-state index is 0.0379. The molecule has 1 aliphatic heterocycles. The largest absolute Gasteiger partial charge is 0.417 e. The van der Waals surface area contributed by atoms with Crippen molar-refractivity contribution in [2.24, 2.45) is 0 Å². The number of carbonyl (C=O) groups excluding carboxylic acids is 2. The zero-order valence-electron chi connectivity index (χ0n) is 13.1. The quantitative estimate of drug-likeness (QED) is 0.908. The molecule has 1 N–H and O–H groups in total. The minimum Gasteiger partial charge on any atom is -0.322 e. The maximum absolute atomic E-state index is 13.0. The predicted molar refractivity (Wildman–Crippen MR) is 87.4 cm³/mol. The number of hydrogen-bond donors (Lipinski definition) is 1. The minimum atomic E-state index is -4.60. The molecule has 4 nitrogen and oxygen atoms in total. The maximum Gasteiger partial charge on any atom is 0.417 e. The summed E-state index contributed by atoms with van der Waals surface area (Å²) >= 11 is 0. The molecule has 0 radical (unpaired) electrons. The highest BCUT2D eigenvalue weighted by molar-refractivity contribution is 6.05. The molecule has 1 aliphatic rings. The van der Waals surface area contributed by atoms with Crippen LogP contribution in [0.3, 0.4) is 0 Å². The Morgan fingerprint density at radius 2 is 1.72 bits per heavy atom. The molecule has 0 saturated carbocycles. The van der Waals surface area contributed by atoms with E-state index in [0.29, 0.717) is 24.3 Å². The number of halogens is 3. The first-order valence-electron chi connectivity index (χ1n) is 7.74. The highest BCUT2D eigenvalue weighted by atomic mass is 19.4. The van der Waals surface area contributed by atoms with E-state index in [0.717, 1.165) is 18.6 Å². The highest BCUT2D eigenvalue weighted by Crippen LogP contribution is 2.32. The predicted octanol–water partition coefficient (Wildman–Crippen LogP) is 4.08. The number of rotatable bonds is 3. The van der Waals surface area contributed by atoms with Gasteiger partial charge in [-0.15, -0.1) is 0 Å². The van der Waals surface area contributed by atoms with Gasteiger partial charge < -0.3 is 10.2 Å². The van der Waals surface area contributed by atoms with E-state index in [1.165, 1.54) is 12.1 Å². The molecule has 25 heavy (non-hydrogen) atoms. The van der Waals surface area contributed by atoms with Crippen molar-refractivity contribution in [2.75, 3.05) is 16.8 Å². The molecule has 1 saturated heterocycles. The van der Waals surface area contributed by atoms with Gasteiger partial charge in [0.05, 0.1) is 11.1 Å². The Kier molecular flexibility index (Phi) is 4.48. The number of hydrogen-bond acceptors (Lipinski definition) is 2. The van der Waals surface area contributed by atoms with Crippen LogP contribution in [-0.4, -0.2) is 18.4 Å². The van der Waals surface area contributed by atoms with E-state index in [-0.39, 0.29) is 5.91 Å². The second kappa shape index (κ2) is 6.58. The van der Waals surface area contributed by atoms with Crippen molar-refractivity contribution in [2.45, 2.75) is 19.0 Å². The Morgan fingerprint density at radius 3 is 2.32 bits per heavy atom. The zero-order valence-corrected chi connectivity index (χ0v) is 13.1. The van der Waals surface area contributed by atoms with Gasteiger partial charge in [-0.1, -0.05) is 12.1 Å². The highest BCUT2D eigenvalue weighted by Gasteiger charge is 2.34. The van der Waals surface area contributed by atoms with E-state index < -0.39 is 23.2 Å². The molecule has 0 bridgehead atoms. The summed E-state index contributed by atoms with van der Waals surface area (Å²) < 4.78 is 39.0. The SMILES string of the molecule is O=C(Nc1ccc(N2CCCC2=O)cc1)c1ccccc1C(F)(F)F. The van der Waals surface area contributed by atoms with Crippen LogP contribution in [0, 0.1) is 0 Å². The summed E-state index contributed by atoms with van der Waals surface area (Å²) in [7, 11) is 0. The van der Waals surface area contributed by atoms with Crippen LogP contribution >= 0.6 is 0 Å². The average Bonchev–Trinajstić information content (AvgIpc) is 3.01. The first-order valence-corrected chi connectivity index (χ1v) is 7.74. The fraction of sp³-hybridized carbons (Fsp3) is 0.222. The topological polar surface area (TPSA) is 49.4 Å². The van der Waals surface area contributed by atoms with Gasteiger partial charge >= 0.3 is 6.18 Å². The molecule has 2 aromatic carbocycles. The molecule has 0 unspecified atom stereocenters. The molecule has 7 heteroatoms. The molecule has 0 aromatic heterocycles. The van der Waals surface area contributed by atoms with Gasteiger partial charge in [0.25, 0.3) is 5.91 Å². The third-order valence-electron chi connectivity index (χ3n) is 3.99. The zero-order chi connectivity index (χ0) is 18.0. The summed E-state index contributed by atoms with van der Waals surface area (Å²) in [4.78, 5) is 25.5. The van der Waals surface area contributed by atoms with Crippen molar-refractivity contribution in [1.29, 1.82) is 0 Å². The van der Waals surface area contributed by atoms with E-state index in [2.05, 4.69) is 5.32 Å². The van der Waals surface area contributed by atoms with Gasteiger partial charge in [-0.2, -0.15) is 13.2 Å². The lowest BCUT2D eigenvalue weighted by atomic mass is 10.1. The van der Waals surface area contributed by atoms with Crippen molar-refractivity contribution in [3.05, 3.63) is 59.7 Å². The van der Waals surface area contributed by atoms with Crippen LogP contribution in [0.5, 0.6) is 0 Å². The molecule has 1 heterocycles. The molecular formula is C18H15F3N2O2. The number of anilines is 2. The van der Waals surface area contributed by atoms with Crippen molar-refractivity contribution < 1.29 is 22.8 Å². The number of alkyl halides is 3. The van der Waals surface area contributed by atoms with Gasteiger partial charge in [-0.3, -0.25) is 9.59 Å². The van der Waals surface area contributed by atoms with E-state index in [1.807, 2.05) is 0 Å². The Hall–Kier alpha value is -2.83. The van der Waals surface area contributed by atoms with Crippen LogP contribution in [0.1, 0.15) is 28.8 Å². The van der Waals surface area contributed by atoms with Crippen LogP contribution < -0.4 is 10.2 Å². The third kappa shape index (κ3) is 3.65. The van der Waals surface area contributed by atoms with Crippen molar-refractivity contribution in [3.8, 4) is 0 Å². The fourth-order valence-corrected chi connectivity index (χ4v) is 2.77. The van der Waals surface area contributed by atoms with E-state index in [1.54, 1.807) is 29.2 Å². The molecule has 3 rings (SSSR count). The number of benzene rings is 2. The van der Waals surface area contributed by atoms with Crippen LogP contribution in [0.15, 0.2) is 48.5 Å². The Morgan fingerprint density at radius 1 is 1.04 bits per heavy atom. The lowest BCUT2D eigenvalue weighted by molar-refractivity contribution is -0.137. The van der Waals surface area contributed by atoms with Crippen molar-refractivity contribution >= 4 is 23.2 Å². The summed E-state index contributed by atoms with van der Waals surface area (Å²) in [5.41, 5.74) is -0.353. The number of nitrogens with one attached hydrogen (secondary N) is 1. The molecular weight excluding hydrogens is 333 g/mol. The second-order valence-corrected chi connectivity index (χ2v) is 5.69. The van der Waals surface area contributed by atoms with Crippen LogP contribution in [-0.2, 0) is 11.0 Å². The van der Waals surface area contributed by atoms with Crippen LogP contribution in [0.2, 0.25) is 0 Å². The van der Waals surface area contributed by atoms with Gasteiger partial charge in [0.1, 0.15) is 0 Å². The number of amides is 2. The molecule has 0 aliphatic carbocycles. The first-order chi connectivity index (χ1) is 11.9. The normalized spacial score (nSPS) is 14.7. The fourth-order valence-electron chi connectivity index (χ4n) is 2.77. The Balaban J connectivity index is 1.77. The summed E-state index contributed by atoms with van der Waals surface area (Å²) in [6.07, 6.45) is -3.30. The third-order valence-corrected chi connectivity index (χ3v) is 3.99. The molecule has 0 spiro atoms.